The summed E-state index contributed by atoms with van der Waals surface area (Å²) in [4.78, 5) is 14.3. The van der Waals surface area contributed by atoms with E-state index in [1.807, 2.05) is 35.2 Å². The van der Waals surface area contributed by atoms with Gasteiger partial charge in [0.1, 0.15) is 6.61 Å². The van der Waals surface area contributed by atoms with Crippen molar-refractivity contribution in [2.24, 2.45) is 0 Å². The number of ether oxygens (including phenoxy) is 2. The highest BCUT2D eigenvalue weighted by molar-refractivity contribution is 5.69. The van der Waals surface area contributed by atoms with E-state index in [1.165, 1.54) is 5.57 Å². The summed E-state index contributed by atoms with van der Waals surface area (Å²) in [6, 6.07) is 10.0. The quantitative estimate of drug-likeness (QED) is 0.784. The van der Waals surface area contributed by atoms with Gasteiger partial charge < -0.3 is 9.47 Å². The minimum absolute atomic E-state index is 0.118. The van der Waals surface area contributed by atoms with Crippen molar-refractivity contribution in [1.29, 1.82) is 0 Å². The van der Waals surface area contributed by atoms with Gasteiger partial charge in [-0.15, -0.1) is 0 Å². The molecule has 0 aliphatic carbocycles. The first kappa shape index (κ1) is 14.1. The van der Waals surface area contributed by atoms with Gasteiger partial charge in [0, 0.05) is 0 Å². The summed E-state index contributed by atoms with van der Waals surface area (Å²) >= 11 is 0. The Bertz CT molecular complexity index is 510. The van der Waals surface area contributed by atoms with Crippen LogP contribution in [-0.2, 0) is 16.1 Å². The predicted molar refractivity (Wildman–Crippen MR) is 79.9 cm³/mol. The highest BCUT2D eigenvalue weighted by Crippen LogP contribution is 2.31. The molecule has 4 heteroatoms. The molecule has 2 atom stereocenters. The van der Waals surface area contributed by atoms with Crippen molar-refractivity contribution in [3.63, 3.8) is 0 Å². The van der Waals surface area contributed by atoms with E-state index in [0.717, 1.165) is 18.4 Å². The van der Waals surface area contributed by atoms with Crippen LogP contribution in [0.4, 0.5) is 4.79 Å². The highest BCUT2D eigenvalue weighted by Gasteiger charge is 2.40. The van der Waals surface area contributed by atoms with Crippen LogP contribution in [0.2, 0.25) is 0 Å². The molecule has 2 saturated heterocycles. The van der Waals surface area contributed by atoms with E-state index < -0.39 is 0 Å². The largest absolute Gasteiger partial charge is 0.445 e. The number of morpholine rings is 1. The van der Waals surface area contributed by atoms with Crippen molar-refractivity contribution in [3.8, 4) is 0 Å². The third-order valence-corrected chi connectivity index (χ3v) is 4.23. The van der Waals surface area contributed by atoms with Crippen LogP contribution in [0.3, 0.4) is 0 Å². The van der Waals surface area contributed by atoms with Gasteiger partial charge in [-0.1, -0.05) is 42.0 Å². The molecular formula is C17H21NO3. The molecule has 112 valence electrons. The zero-order valence-corrected chi connectivity index (χ0v) is 12.3. The van der Waals surface area contributed by atoms with Crippen LogP contribution in [0.5, 0.6) is 0 Å². The smallest absolute Gasteiger partial charge is 0.410 e. The number of fused-ring (bicyclic) bond motifs is 2. The molecule has 1 aromatic rings. The molecule has 1 aromatic carbocycles. The molecule has 0 spiro atoms. The lowest BCUT2D eigenvalue weighted by Gasteiger charge is -2.45. The highest BCUT2D eigenvalue weighted by atomic mass is 16.6. The molecule has 1 amide bonds. The van der Waals surface area contributed by atoms with Crippen molar-refractivity contribution >= 4 is 6.09 Å². The zero-order valence-electron chi connectivity index (χ0n) is 12.3. The number of carbonyl (C=O) groups excluding carboxylic acids is 1. The molecule has 0 saturated carbocycles. The SMILES string of the molecule is CC=C1CC2COCC(C1)N2C(=O)OCc1ccccc1. The molecule has 3 rings (SSSR count). The molecule has 2 unspecified atom stereocenters. The Labute approximate surface area is 125 Å². The minimum Gasteiger partial charge on any atom is -0.445 e. The van der Waals surface area contributed by atoms with Gasteiger partial charge in [-0.05, 0) is 25.3 Å². The molecule has 4 nitrogen and oxygen atoms in total. The lowest BCUT2D eigenvalue weighted by Crippen LogP contribution is -2.57. The number of hydrogen-bond acceptors (Lipinski definition) is 3. The maximum atomic E-state index is 12.4. The summed E-state index contributed by atoms with van der Waals surface area (Å²) < 4.78 is 11.1. The molecular weight excluding hydrogens is 266 g/mol. The Morgan fingerprint density at radius 2 is 1.95 bits per heavy atom. The van der Waals surface area contributed by atoms with Crippen molar-refractivity contribution in [2.75, 3.05) is 13.2 Å². The number of benzene rings is 1. The van der Waals surface area contributed by atoms with E-state index in [9.17, 15) is 4.79 Å². The lowest BCUT2D eigenvalue weighted by molar-refractivity contribution is -0.0558. The van der Waals surface area contributed by atoms with Crippen LogP contribution in [0.15, 0.2) is 42.0 Å². The fourth-order valence-corrected chi connectivity index (χ4v) is 3.13. The van der Waals surface area contributed by atoms with E-state index in [1.54, 1.807) is 0 Å². The standard InChI is InChI=1S/C17H21NO3/c1-2-13-8-15-11-20-12-16(9-13)18(15)17(19)21-10-14-6-4-3-5-7-14/h2-7,15-16H,8-12H2,1H3. The van der Waals surface area contributed by atoms with Crippen molar-refractivity contribution < 1.29 is 14.3 Å². The number of allylic oxidation sites excluding steroid dienone is 1. The number of hydrogen-bond donors (Lipinski definition) is 0. The maximum absolute atomic E-state index is 12.4. The molecule has 2 fully saturated rings. The lowest BCUT2D eigenvalue weighted by atomic mass is 9.90. The van der Waals surface area contributed by atoms with Gasteiger partial charge in [0.05, 0.1) is 25.3 Å². The Morgan fingerprint density at radius 3 is 2.57 bits per heavy atom. The van der Waals surface area contributed by atoms with Gasteiger partial charge in [0.25, 0.3) is 0 Å². The second kappa shape index (κ2) is 6.31. The van der Waals surface area contributed by atoms with E-state index in [4.69, 9.17) is 9.47 Å². The molecule has 2 aliphatic heterocycles. The number of carbonyl (C=O) groups is 1. The van der Waals surface area contributed by atoms with Gasteiger partial charge in [-0.25, -0.2) is 4.79 Å². The number of rotatable bonds is 2. The van der Waals surface area contributed by atoms with Crippen LogP contribution >= 0.6 is 0 Å². The summed E-state index contributed by atoms with van der Waals surface area (Å²) in [7, 11) is 0. The number of piperidine rings is 1. The first-order chi connectivity index (χ1) is 10.3. The fourth-order valence-electron chi connectivity index (χ4n) is 3.13. The van der Waals surface area contributed by atoms with E-state index >= 15 is 0 Å². The molecule has 2 heterocycles. The van der Waals surface area contributed by atoms with Crippen LogP contribution < -0.4 is 0 Å². The Balaban J connectivity index is 1.64. The second-order valence-electron chi connectivity index (χ2n) is 5.65. The predicted octanol–water partition coefficient (Wildman–Crippen LogP) is 3.13. The first-order valence-electron chi connectivity index (χ1n) is 7.48. The third kappa shape index (κ3) is 3.10. The second-order valence-corrected chi connectivity index (χ2v) is 5.65. The maximum Gasteiger partial charge on any atom is 0.410 e. The summed E-state index contributed by atoms with van der Waals surface area (Å²) in [6.45, 7) is 3.60. The normalized spacial score (nSPS) is 24.6. The number of amides is 1. The summed E-state index contributed by atoms with van der Waals surface area (Å²) in [6.07, 6.45) is 3.74. The Hall–Kier alpha value is -1.81. The van der Waals surface area contributed by atoms with Crippen LogP contribution in [-0.4, -0.2) is 36.3 Å². The van der Waals surface area contributed by atoms with Gasteiger partial charge in [0.15, 0.2) is 0 Å². The fraction of sp³-hybridized carbons (Fsp3) is 0.471. The van der Waals surface area contributed by atoms with Gasteiger partial charge in [0.2, 0.25) is 0 Å². The average Bonchev–Trinajstić information content (AvgIpc) is 2.52. The molecule has 21 heavy (non-hydrogen) atoms. The Morgan fingerprint density at radius 1 is 1.29 bits per heavy atom. The topological polar surface area (TPSA) is 38.8 Å². The summed E-state index contributed by atoms with van der Waals surface area (Å²) in [5, 5.41) is 0. The minimum atomic E-state index is -0.215. The number of nitrogens with zero attached hydrogens (tertiary/aromatic N) is 1. The van der Waals surface area contributed by atoms with Gasteiger partial charge in [-0.2, -0.15) is 0 Å². The summed E-state index contributed by atoms with van der Waals surface area (Å²) in [5.74, 6) is 0. The molecule has 0 radical (unpaired) electrons. The first-order valence-corrected chi connectivity index (χ1v) is 7.48. The van der Waals surface area contributed by atoms with Crippen LogP contribution in [0, 0.1) is 0 Å². The van der Waals surface area contributed by atoms with Crippen molar-refractivity contribution in [1.82, 2.24) is 4.90 Å². The van der Waals surface area contributed by atoms with Gasteiger partial charge >= 0.3 is 6.09 Å². The molecule has 2 aliphatic rings. The average molecular weight is 287 g/mol. The monoisotopic (exact) mass is 287 g/mol. The van der Waals surface area contributed by atoms with Crippen molar-refractivity contribution in [3.05, 3.63) is 47.5 Å². The third-order valence-electron chi connectivity index (χ3n) is 4.23. The molecule has 2 bridgehead atoms. The summed E-state index contributed by atoms with van der Waals surface area (Å²) in [5.41, 5.74) is 2.43. The van der Waals surface area contributed by atoms with Crippen molar-refractivity contribution in [2.45, 2.75) is 38.5 Å². The Kier molecular flexibility index (Phi) is 4.25. The zero-order chi connectivity index (χ0) is 14.7. The van der Waals surface area contributed by atoms with Gasteiger partial charge in [-0.3, -0.25) is 4.90 Å². The van der Waals surface area contributed by atoms with E-state index in [-0.39, 0.29) is 18.2 Å². The molecule has 0 aromatic heterocycles. The van der Waals surface area contributed by atoms with Crippen LogP contribution in [0.25, 0.3) is 0 Å². The molecule has 0 N–H and O–H groups in total. The van der Waals surface area contributed by atoms with E-state index in [2.05, 4.69) is 13.0 Å². The van der Waals surface area contributed by atoms with E-state index in [0.29, 0.717) is 19.8 Å². The van der Waals surface area contributed by atoms with Crippen LogP contribution in [0.1, 0.15) is 25.3 Å².